The molecule has 3 N–H and O–H groups in total. The Kier molecular flexibility index (Phi) is 3.26. The number of hydrogen-bond donors (Lipinski definition) is 3. The minimum Gasteiger partial charge on any atom is -0.387 e. The average Bonchev–Trinajstić information content (AvgIpc) is 2.87. The molecule has 2 atom stereocenters. The lowest BCUT2D eigenvalue weighted by atomic mass is 9.85. The molecule has 5 heteroatoms. The number of rotatable bonds is 2. The lowest BCUT2D eigenvalue weighted by Gasteiger charge is -2.39. The van der Waals surface area contributed by atoms with Gasteiger partial charge in [0.25, 0.3) is 0 Å². The molecule has 108 valence electrons. The standard InChI is InChI=1S/C15H20FN3O/c1-15(2)7-3-4-12(18-15)14(20)9-5-6-11(16)13-10(9)8-17-19-13/h5-6,8,12,14,18,20H,3-4,7H2,1-2H3,(H,17,19)/t12-,14+/m0/s1. The monoisotopic (exact) mass is 277 g/mol. The molecular weight excluding hydrogens is 257 g/mol. The van der Waals surface area contributed by atoms with Crippen LogP contribution in [0.15, 0.2) is 18.3 Å². The van der Waals surface area contributed by atoms with Gasteiger partial charge in [-0.2, -0.15) is 5.10 Å². The van der Waals surface area contributed by atoms with E-state index in [1.165, 1.54) is 6.07 Å². The lowest BCUT2D eigenvalue weighted by molar-refractivity contribution is 0.0854. The molecule has 0 saturated carbocycles. The Balaban J connectivity index is 1.94. The van der Waals surface area contributed by atoms with E-state index in [1.54, 1.807) is 12.3 Å². The third-order valence-electron chi connectivity index (χ3n) is 4.19. The van der Waals surface area contributed by atoms with Crippen molar-refractivity contribution in [1.82, 2.24) is 15.5 Å². The number of piperidine rings is 1. The molecule has 0 aliphatic carbocycles. The highest BCUT2D eigenvalue weighted by molar-refractivity contribution is 5.82. The number of benzene rings is 1. The first-order chi connectivity index (χ1) is 9.48. The molecule has 0 unspecified atom stereocenters. The summed E-state index contributed by atoms with van der Waals surface area (Å²) in [7, 11) is 0. The second kappa shape index (κ2) is 4.82. The van der Waals surface area contributed by atoms with Gasteiger partial charge in [-0.1, -0.05) is 6.07 Å². The summed E-state index contributed by atoms with van der Waals surface area (Å²) in [4.78, 5) is 0. The number of nitrogens with one attached hydrogen (secondary N) is 2. The maximum atomic E-state index is 13.7. The second-order valence-corrected chi connectivity index (χ2v) is 6.27. The number of hydrogen-bond acceptors (Lipinski definition) is 3. The lowest BCUT2D eigenvalue weighted by Crippen LogP contribution is -2.51. The summed E-state index contributed by atoms with van der Waals surface area (Å²) < 4.78 is 13.7. The van der Waals surface area contributed by atoms with Crippen LogP contribution >= 0.6 is 0 Å². The fourth-order valence-corrected chi connectivity index (χ4v) is 3.14. The summed E-state index contributed by atoms with van der Waals surface area (Å²) in [6.45, 7) is 4.29. The number of halogens is 1. The van der Waals surface area contributed by atoms with Crippen LogP contribution in [0.4, 0.5) is 4.39 Å². The number of aromatic nitrogens is 2. The Morgan fingerprint density at radius 1 is 1.45 bits per heavy atom. The summed E-state index contributed by atoms with van der Waals surface area (Å²) in [5, 5.41) is 21.3. The van der Waals surface area contributed by atoms with Crippen LogP contribution in [-0.4, -0.2) is 26.9 Å². The molecule has 20 heavy (non-hydrogen) atoms. The van der Waals surface area contributed by atoms with Crippen LogP contribution in [0.25, 0.3) is 10.9 Å². The first-order valence-corrected chi connectivity index (χ1v) is 7.05. The molecule has 2 aromatic rings. The van der Waals surface area contributed by atoms with Crippen LogP contribution in [0.5, 0.6) is 0 Å². The van der Waals surface area contributed by atoms with Gasteiger partial charge < -0.3 is 10.4 Å². The maximum absolute atomic E-state index is 13.7. The highest BCUT2D eigenvalue weighted by Gasteiger charge is 2.32. The summed E-state index contributed by atoms with van der Waals surface area (Å²) in [5.41, 5.74) is 1.11. The molecule has 1 aliphatic heterocycles. The van der Waals surface area contributed by atoms with Gasteiger partial charge in [-0.05, 0) is 44.7 Å². The van der Waals surface area contributed by atoms with E-state index in [0.29, 0.717) is 10.9 Å². The van der Waals surface area contributed by atoms with Crippen molar-refractivity contribution in [3.63, 3.8) is 0 Å². The van der Waals surface area contributed by atoms with Crippen LogP contribution in [-0.2, 0) is 0 Å². The van der Waals surface area contributed by atoms with Crippen LogP contribution in [0.1, 0.15) is 44.8 Å². The molecule has 0 amide bonds. The van der Waals surface area contributed by atoms with Crippen molar-refractivity contribution in [1.29, 1.82) is 0 Å². The van der Waals surface area contributed by atoms with Crippen LogP contribution in [0, 0.1) is 5.82 Å². The Hall–Kier alpha value is -1.46. The maximum Gasteiger partial charge on any atom is 0.148 e. The van der Waals surface area contributed by atoms with Crippen molar-refractivity contribution in [2.24, 2.45) is 0 Å². The van der Waals surface area contributed by atoms with E-state index in [4.69, 9.17) is 0 Å². The van der Waals surface area contributed by atoms with Gasteiger partial charge in [-0.25, -0.2) is 4.39 Å². The fourth-order valence-electron chi connectivity index (χ4n) is 3.14. The Labute approximate surface area is 117 Å². The number of fused-ring (bicyclic) bond motifs is 1. The third-order valence-corrected chi connectivity index (χ3v) is 4.19. The molecule has 1 fully saturated rings. The minimum atomic E-state index is -0.657. The van der Waals surface area contributed by atoms with Gasteiger partial charge in [0.15, 0.2) is 0 Å². The van der Waals surface area contributed by atoms with Crippen molar-refractivity contribution in [3.8, 4) is 0 Å². The number of H-pyrrole nitrogens is 1. The van der Waals surface area contributed by atoms with Crippen molar-refractivity contribution >= 4 is 10.9 Å². The highest BCUT2D eigenvalue weighted by atomic mass is 19.1. The van der Waals surface area contributed by atoms with Gasteiger partial charge in [0.2, 0.25) is 0 Å². The molecule has 1 saturated heterocycles. The van der Waals surface area contributed by atoms with Gasteiger partial charge in [-0.3, -0.25) is 5.10 Å². The number of nitrogens with zero attached hydrogens (tertiary/aromatic N) is 1. The fraction of sp³-hybridized carbons (Fsp3) is 0.533. The largest absolute Gasteiger partial charge is 0.387 e. The number of aliphatic hydroxyl groups is 1. The first-order valence-electron chi connectivity index (χ1n) is 7.05. The van der Waals surface area contributed by atoms with E-state index in [-0.39, 0.29) is 17.4 Å². The van der Waals surface area contributed by atoms with Gasteiger partial charge in [-0.15, -0.1) is 0 Å². The SMILES string of the molecule is CC1(C)CCC[C@@H]([C@H](O)c2ccc(F)c3[nH]ncc23)N1. The topological polar surface area (TPSA) is 60.9 Å². The van der Waals surface area contributed by atoms with E-state index in [1.807, 2.05) is 0 Å². The van der Waals surface area contributed by atoms with Crippen LogP contribution in [0.3, 0.4) is 0 Å². The quantitative estimate of drug-likeness (QED) is 0.791. The van der Waals surface area contributed by atoms with Crippen LogP contribution in [0.2, 0.25) is 0 Å². The van der Waals surface area contributed by atoms with Crippen molar-refractivity contribution in [3.05, 3.63) is 29.7 Å². The second-order valence-electron chi connectivity index (χ2n) is 6.27. The first kappa shape index (κ1) is 13.5. The van der Waals surface area contributed by atoms with E-state index in [2.05, 4.69) is 29.4 Å². The van der Waals surface area contributed by atoms with Gasteiger partial charge in [0.05, 0.1) is 12.3 Å². The molecule has 2 heterocycles. The van der Waals surface area contributed by atoms with E-state index < -0.39 is 6.10 Å². The summed E-state index contributed by atoms with van der Waals surface area (Å²) in [5.74, 6) is -0.342. The highest BCUT2D eigenvalue weighted by Crippen LogP contribution is 2.32. The van der Waals surface area contributed by atoms with Crippen molar-refractivity contribution in [2.75, 3.05) is 0 Å². The van der Waals surface area contributed by atoms with E-state index in [0.717, 1.165) is 24.8 Å². The minimum absolute atomic E-state index is 0.0117. The molecule has 0 bridgehead atoms. The van der Waals surface area contributed by atoms with E-state index >= 15 is 0 Å². The average molecular weight is 277 g/mol. The molecule has 1 aliphatic rings. The number of aliphatic hydroxyl groups excluding tert-OH is 1. The summed E-state index contributed by atoms with van der Waals surface area (Å²) >= 11 is 0. The Bertz CT molecular complexity index is 623. The summed E-state index contributed by atoms with van der Waals surface area (Å²) in [6.07, 6.45) is 4.01. The number of aromatic amines is 1. The zero-order valence-electron chi connectivity index (χ0n) is 11.8. The zero-order valence-corrected chi connectivity index (χ0v) is 11.8. The zero-order chi connectivity index (χ0) is 14.3. The van der Waals surface area contributed by atoms with E-state index in [9.17, 15) is 9.50 Å². The molecule has 0 radical (unpaired) electrons. The Morgan fingerprint density at radius 2 is 2.25 bits per heavy atom. The smallest absolute Gasteiger partial charge is 0.148 e. The third kappa shape index (κ3) is 2.31. The van der Waals surface area contributed by atoms with Gasteiger partial charge in [0.1, 0.15) is 11.3 Å². The van der Waals surface area contributed by atoms with Crippen molar-refractivity contribution in [2.45, 2.75) is 50.8 Å². The molecule has 1 aromatic heterocycles. The normalized spacial score (nSPS) is 23.9. The Morgan fingerprint density at radius 3 is 3.00 bits per heavy atom. The predicted octanol–water partition coefficient (Wildman–Crippen LogP) is 2.66. The molecule has 0 spiro atoms. The van der Waals surface area contributed by atoms with Crippen LogP contribution < -0.4 is 5.32 Å². The molecule has 1 aromatic carbocycles. The van der Waals surface area contributed by atoms with Gasteiger partial charge in [0, 0.05) is 17.0 Å². The molecular formula is C15H20FN3O. The molecule has 4 nitrogen and oxygen atoms in total. The van der Waals surface area contributed by atoms with Crippen molar-refractivity contribution < 1.29 is 9.50 Å². The predicted molar refractivity (Wildman–Crippen MR) is 75.9 cm³/mol. The summed E-state index contributed by atoms with van der Waals surface area (Å²) in [6, 6.07) is 3.02. The van der Waals surface area contributed by atoms with Gasteiger partial charge >= 0.3 is 0 Å². The molecule has 3 rings (SSSR count).